The third-order valence-corrected chi connectivity index (χ3v) is 0.258. The van der Waals surface area contributed by atoms with Gasteiger partial charge in [0.25, 0.3) is 5.95 Å². The maximum atomic E-state index is 7.78. The summed E-state index contributed by atoms with van der Waals surface area (Å²) in [6.07, 6.45) is 1.19. The van der Waals surface area contributed by atoms with Gasteiger partial charge in [0, 0.05) is 0 Å². The van der Waals surface area contributed by atoms with Crippen molar-refractivity contribution < 1.29 is 15.7 Å². The summed E-state index contributed by atoms with van der Waals surface area (Å²) in [5.41, 5.74) is 0. The first kappa shape index (κ1) is 9.00. The molecule has 0 rings (SSSR count). The Balaban J connectivity index is 0. The molecule has 0 aliphatic heterocycles. The number of aliphatic hydroxyl groups excluding tert-OH is 1. The van der Waals surface area contributed by atoms with Crippen molar-refractivity contribution in [2.45, 2.75) is 6.92 Å². The molecule has 0 spiro atoms. The van der Waals surface area contributed by atoms with Crippen LogP contribution in [0.3, 0.4) is 0 Å². The Morgan fingerprint density at radius 2 is 1.67 bits per heavy atom. The van der Waals surface area contributed by atoms with Crippen molar-refractivity contribution in [3.63, 3.8) is 0 Å². The van der Waals surface area contributed by atoms with Crippen LogP contribution in [0.2, 0.25) is 0 Å². The van der Waals surface area contributed by atoms with Crippen LogP contribution in [0.25, 0.3) is 0 Å². The molecule has 38 valence electrons. The Kier molecular flexibility index (Phi) is 6.45. The normalized spacial score (nSPS) is 5.50. The average molecular weight is 92.1 g/mol. The minimum atomic E-state index is -0.620. The van der Waals surface area contributed by atoms with Crippen LogP contribution in [0.1, 0.15) is 6.92 Å². The minimum Gasteiger partial charge on any atom is -0.481 e. The molecule has 0 amide bonds. The molecule has 0 fully saturated rings. The topological polar surface area (TPSA) is 72.0 Å². The summed E-state index contributed by atoms with van der Waals surface area (Å²) in [5.74, 6) is -0.620. The van der Waals surface area contributed by atoms with E-state index >= 15 is 0 Å². The summed E-state index contributed by atoms with van der Waals surface area (Å²) in [6.45, 7) is 1.54. The van der Waals surface area contributed by atoms with Gasteiger partial charge < -0.3 is 15.7 Å². The fourth-order valence-electron chi connectivity index (χ4n) is 0. The molecule has 0 aliphatic rings. The summed E-state index contributed by atoms with van der Waals surface area (Å²) in [7, 11) is 0. The highest BCUT2D eigenvalue weighted by molar-refractivity contribution is 4.71. The van der Waals surface area contributed by atoms with Gasteiger partial charge in [-0.2, -0.15) is 0 Å². The maximum absolute atomic E-state index is 7.78. The standard InChI is InChI=1S/C3H6O2.H2O/c1-2-3(4)5;/h2,4-5H,1H3;1H2. The van der Waals surface area contributed by atoms with Gasteiger partial charge in [0.1, 0.15) is 0 Å². The monoisotopic (exact) mass is 92.0 g/mol. The van der Waals surface area contributed by atoms with E-state index in [2.05, 4.69) is 0 Å². The Labute approximate surface area is 35.8 Å². The molecule has 0 aromatic carbocycles. The lowest BCUT2D eigenvalue weighted by Gasteiger charge is -1.75. The molecule has 0 unspecified atom stereocenters. The Bertz CT molecular complexity index is 44.0. The first-order chi connectivity index (χ1) is 2.27. The highest BCUT2D eigenvalue weighted by atomic mass is 16.5. The van der Waals surface area contributed by atoms with Crippen LogP contribution >= 0.6 is 0 Å². The minimum absolute atomic E-state index is 0. The van der Waals surface area contributed by atoms with Crippen LogP contribution in [0.4, 0.5) is 0 Å². The summed E-state index contributed by atoms with van der Waals surface area (Å²) in [6, 6.07) is 0. The van der Waals surface area contributed by atoms with Crippen molar-refractivity contribution in [1.29, 1.82) is 0 Å². The first-order valence-electron chi connectivity index (χ1n) is 1.31. The first-order valence-corrected chi connectivity index (χ1v) is 1.31. The van der Waals surface area contributed by atoms with E-state index in [4.69, 9.17) is 10.2 Å². The zero-order chi connectivity index (χ0) is 4.28. The molecule has 0 aromatic heterocycles. The molecule has 6 heavy (non-hydrogen) atoms. The number of allylic oxidation sites excluding steroid dienone is 1. The van der Waals surface area contributed by atoms with Crippen LogP contribution in [0.5, 0.6) is 0 Å². The zero-order valence-electron chi connectivity index (χ0n) is 3.47. The molecule has 0 aromatic rings. The molecule has 0 aliphatic carbocycles. The Hall–Kier alpha value is -0.700. The molecular formula is C3H8O3. The van der Waals surface area contributed by atoms with Crippen molar-refractivity contribution in [3.8, 4) is 0 Å². The fraction of sp³-hybridized carbons (Fsp3) is 0.333. The predicted octanol–water partition coefficient (Wildman–Crippen LogP) is 0.139. The van der Waals surface area contributed by atoms with Crippen molar-refractivity contribution >= 4 is 0 Å². The van der Waals surface area contributed by atoms with Gasteiger partial charge in [0.2, 0.25) is 0 Å². The molecule has 0 heterocycles. The quantitative estimate of drug-likeness (QED) is 0.417. The highest BCUT2D eigenvalue weighted by Crippen LogP contribution is 1.71. The third-order valence-electron chi connectivity index (χ3n) is 0.258. The van der Waals surface area contributed by atoms with E-state index in [0.717, 1.165) is 0 Å². The summed E-state index contributed by atoms with van der Waals surface area (Å²) in [4.78, 5) is 0. The van der Waals surface area contributed by atoms with Gasteiger partial charge in [-0.25, -0.2) is 0 Å². The fourth-order valence-corrected chi connectivity index (χ4v) is 0. The summed E-state index contributed by atoms with van der Waals surface area (Å²) >= 11 is 0. The lowest BCUT2D eigenvalue weighted by atomic mass is 10.7. The van der Waals surface area contributed by atoms with Crippen LogP contribution in [-0.2, 0) is 0 Å². The summed E-state index contributed by atoms with van der Waals surface area (Å²) in [5, 5.41) is 15.6. The number of rotatable bonds is 0. The highest BCUT2D eigenvalue weighted by Gasteiger charge is 1.66. The molecule has 4 N–H and O–H groups in total. The number of hydrogen-bond acceptors (Lipinski definition) is 2. The van der Waals surface area contributed by atoms with Crippen molar-refractivity contribution in [1.82, 2.24) is 0 Å². The molecule has 0 bridgehead atoms. The zero-order valence-corrected chi connectivity index (χ0v) is 3.47. The van der Waals surface area contributed by atoms with E-state index in [1.165, 1.54) is 13.0 Å². The molecular weight excluding hydrogens is 84.0 g/mol. The smallest absolute Gasteiger partial charge is 0.269 e. The lowest BCUT2D eigenvalue weighted by Crippen LogP contribution is -1.68. The molecule has 3 heteroatoms. The Morgan fingerprint density at radius 3 is 1.67 bits per heavy atom. The Morgan fingerprint density at radius 1 is 1.50 bits per heavy atom. The molecule has 0 radical (unpaired) electrons. The molecule has 0 atom stereocenters. The maximum Gasteiger partial charge on any atom is 0.269 e. The van der Waals surface area contributed by atoms with Crippen molar-refractivity contribution in [3.05, 3.63) is 12.0 Å². The van der Waals surface area contributed by atoms with Gasteiger partial charge in [0.05, 0.1) is 0 Å². The predicted molar refractivity (Wildman–Crippen MR) is 22.6 cm³/mol. The van der Waals surface area contributed by atoms with Gasteiger partial charge in [-0.05, 0) is 13.0 Å². The molecule has 3 nitrogen and oxygen atoms in total. The largest absolute Gasteiger partial charge is 0.481 e. The van der Waals surface area contributed by atoms with Crippen LogP contribution < -0.4 is 0 Å². The van der Waals surface area contributed by atoms with Gasteiger partial charge in [-0.3, -0.25) is 0 Å². The lowest BCUT2D eigenvalue weighted by molar-refractivity contribution is 0.190. The van der Waals surface area contributed by atoms with Crippen LogP contribution in [-0.4, -0.2) is 15.7 Å². The number of aliphatic hydroxyl groups is 2. The van der Waals surface area contributed by atoms with Crippen molar-refractivity contribution in [2.75, 3.05) is 0 Å². The second kappa shape index (κ2) is 4.30. The van der Waals surface area contributed by atoms with Crippen LogP contribution in [0, 0.1) is 0 Å². The second-order valence-corrected chi connectivity index (χ2v) is 0.647. The molecule has 0 saturated carbocycles. The third kappa shape index (κ3) is 10.3. The van der Waals surface area contributed by atoms with E-state index in [-0.39, 0.29) is 5.48 Å². The van der Waals surface area contributed by atoms with E-state index in [1.54, 1.807) is 0 Å². The molecule has 0 saturated heterocycles. The van der Waals surface area contributed by atoms with E-state index in [9.17, 15) is 0 Å². The van der Waals surface area contributed by atoms with Crippen molar-refractivity contribution in [2.24, 2.45) is 0 Å². The SMILES string of the molecule is CC=C(O)O.O. The summed E-state index contributed by atoms with van der Waals surface area (Å²) < 4.78 is 0. The van der Waals surface area contributed by atoms with Crippen LogP contribution in [0.15, 0.2) is 12.0 Å². The van der Waals surface area contributed by atoms with E-state index in [0.29, 0.717) is 0 Å². The van der Waals surface area contributed by atoms with Gasteiger partial charge in [-0.15, -0.1) is 0 Å². The van der Waals surface area contributed by atoms with Gasteiger partial charge in [0.15, 0.2) is 0 Å². The second-order valence-electron chi connectivity index (χ2n) is 0.647. The van der Waals surface area contributed by atoms with E-state index < -0.39 is 5.95 Å². The average Bonchev–Trinajstić information content (AvgIpc) is 1.38. The van der Waals surface area contributed by atoms with E-state index in [1.807, 2.05) is 0 Å². The van der Waals surface area contributed by atoms with Gasteiger partial charge in [-0.1, -0.05) is 0 Å². The number of hydrogen-bond donors (Lipinski definition) is 2. The van der Waals surface area contributed by atoms with Gasteiger partial charge >= 0.3 is 0 Å².